The van der Waals surface area contributed by atoms with Crippen molar-refractivity contribution in [2.45, 2.75) is 70.0 Å². The van der Waals surface area contributed by atoms with E-state index in [0.29, 0.717) is 10.9 Å². The van der Waals surface area contributed by atoms with Gasteiger partial charge >= 0.3 is 5.97 Å². The second-order valence-corrected chi connectivity index (χ2v) is 11.9. The first-order valence-corrected chi connectivity index (χ1v) is 11.5. The third-order valence-corrected chi connectivity index (χ3v) is 6.99. The van der Waals surface area contributed by atoms with Gasteiger partial charge in [-0.15, -0.1) is 0 Å². The van der Waals surface area contributed by atoms with Crippen molar-refractivity contribution in [3.05, 3.63) is 40.8 Å². The zero-order chi connectivity index (χ0) is 23.2. The fourth-order valence-corrected chi connectivity index (χ4v) is 4.06. The molecule has 0 unspecified atom stereocenters. The molecular weight excluding hydrogens is 418 g/mol. The van der Waals surface area contributed by atoms with Gasteiger partial charge in [0.25, 0.3) is 5.56 Å². The first-order chi connectivity index (χ1) is 14.2. The molecule has 0 aliphatic carbocycles. The minimum Gasteiger partial charge on any atom is -0.460 e. The van der Waals surface area contributed by atoms with Gasteiger partial charge in [-0.2, -0.15) is 0 Å². The third kappa shape index (κ3) is 4.46. The molecule has 0 radical (unpaired) electrons. The van der Waals surface area contributed by atoms with Crippen LogP contribution in [0.1, 0.15) is 48.0 Å². The van der Waals surface area contributed by atoms with E-state index in [9.17, 15) is 18.0 Å². The number of para-hydroxylation sites is 1. The van der Waals surface area contributed by atoms with Gasteiger partial charge in [-0.25, -0.2) is 18.4 Å². The van der Waals surface area contributed by atoms with Crippen LogP contribution in [0.25, 0.3) is 21.8 Å². The van der Waals surface area contributed by atoms with Crippen LogP contribution in [0, 0.1) is 0 Å². The fraction of sp³-hybridized carbons (Fsp3) is 0.455. The van der Waals surface area contributed by atoms with Crippen molar-refractivity contribution in [1.82, 2.24) is 14.5 Å². The highest BCUT2D eigenvalue weighted by Gasteiger charge is 2.34. The maximum absolute atomic E-state index is 13.2. The highest BCUT2D eigenvalue weighted by atomic mass is 32.2. The molecule has 9 heteroatoms. The number of sulfone groups is 1. The van der Waals surface area contributed by atoms with Gasteiger partial charge in [0.15, 0.2) is 0 Å². The van der Waals surface area contributed by atoms with Gasteiger partial charge in [0, 0.05) is 18.1 Å². The van der Waals surface area contributed by atoms with E-state index >= 15 is 0 Å². The van der Waals surface area contributed by atoms with Crippen molar-refractivity contribution < 1.29 is 17.9 Å². The molecule has 8 nitrogen and oxygen atoms in total. The molecule has 0 saturated carbocycles. The van der Waals surface area contributed by atoms with Gasteiger partial charge in [-0.05, 0) is 47.6 Å². The molecule has 0 amide bonds. The summed E-state index contributed by atoms with van der Waals surface area (Å²) in [6.07, 6.45) is 1.27. The zero-order valence-corrected chi connectivity index (χ0v) is 19.4. The lowest BCUT2D eigenvalue weighted by molar-refractivity contribution is -0.155. The number of carbonyl (C=O) groups excluding carboxylic acids is 1. The van der Waals surface area contributed by atoms with Gasteiger partial charge in [-0.3, -0.25) is 9.59 Å². The van der Waals surface area contributed by atoms with E-state index in [4.69, 9.17) is 4.74 Å². The number of carbonyl (C=O) groups is 1. The maximum Gasteiger partial charge on any atom is 0.308 e. The molecular formula is C22H27N3O5S. The van der Waals surface area contributed by atoms with E-state index in [2.05, 4.69) is 9.97 Å². The number of hydrogen-bond donors (Lipinski definition) is 0. The van der Waals surface area contributed by atoms with Crippen molar-refractivity contribution in [2.75, 3.05) is 0 Å². The fourth-order valence-electron chi connectivity index (χ4n) is 3.11. The average Bonchev–Trinajstić information content (AvgIpc) is 2.65. The number of rotatable bonds is 4. The first-order valence-electron chi connectivity index (χ1n) is 9.97. The number of hydrogen-bond acceptors (Lipinski definition) is 7. The van der Waals surface area contributed by atoms with Crippen LogP contribution in [-0.2, 0) is 25.9 Å². The summed E-state index contributed by atoms with van der Waals surface area (Å²) < 4.78 is 31.4. The Bertz CT molecular complexity index is 1330. The van der Waals surface area contributed by atoms with Crippen molar-refractivity contribution in [2.24, 2.45) is 0 Å². The van der Waals surface area contributed by atoms with Crippen LogP contribution in [0.5, 0.6) is 0 Å². The van der Waals surface area contributed by atoms with Gasteiger partial charge in [0.05, 0.1) is 27.6 Å². The first kappa shape index (κ1) is 22.9. The molecule has 0 N–H and O–H groups in total. The second-order valence-electron chi connectivity index (χ2n) is 9.34. The molecule has 2 aromatic heterocycles. The molecule has 166 valence electrons. The molecule has 0 spiro atoms. The van der Waals surface area contributed by atoms with E-state index in [0.717, 1.165) is 0 Å². The van der Waals surface area contributed by atoms with E-state index < -0.39 is 31.7 Å². The Labute approximate surface area is 181 Å². The van der Waals surface area contributed by atoms with Crippen molar-refractivity contribution in [1.29, 1.82) is 0 Å². The number of esters is 1. The molecule has 0 atom stereocenters. The van der Waals surface area contributed by atoms with Gasteiger partial charge < -0.3 is 9.30 Å². The van der Waals surface area contributed by atoms with Gasteiger partial charge in [0.1, 0.15) is 5.60 Å². The smallest absolute Gasteiger partial charge is 0.308 e. The normalized spacial score (nSPS) is 13.0. The molecule has 31 heavy (non-hydrogen) atoms. The Hall–Kier alpha value is -2.81. The quantitative estimate of drug-likeness (QED) is 0.344. The largest absolute Gasteiger partial charge is 0.460 e. The molecule has 0 aliphatic rings. The standard InChI is InChI=1S/C22H27N3O5S/c1-21(2,3)30-17(26)11-12-25-16-10-8-7-9-14(16)18-15(19(25)27)13-23-20(24-18)31(28,29)22(4,5)6/h7-10,13H,11-12H2,1-6H3. The molecule has 3 rings (SSSR count). The Morgan fingerprint density at radius 1 is 1.06 bits per heavy atom. The Kier molecular flexibility index (Phi) is 5.69. The topological polar surface area (TPSA) is 108 Å². The molecule has 0 bridgehead atoms. The average molecular weight is 446 g/mol. The van der Waals surface area contributed by atoms with E-state index in [1.54, 1.807) is 65.8 Å². The molecule has 0 fully saturated rings. The minimum atomic E-state index is -3.79. The SMILES string of the molecule is CC(C)(C)OC(=O)CCn1c(=O)c2cnc(S(=O)(=O)C(C)(C)C)nc2c2ccccc21. The molecule has 0 saturated heterocycles. The summed E-state index contributed by atoms with van der Waals surface area (Å²) >= 11 is 0. The number of ether oxygens (including phenoxy) is 1. The Balaban J connectivity index is 2.17. The monoisotopic (exact) mass is 445 g/mol. The zero-order valence-electron chi connectivity index (χ0n) is 18.6. The lowest BCUT2D eigenvalue weighted by Gasteiger charge is -2.20. The summed E-state index contributed by atoms with van der Waals surface area (Å²) in [7, 11) is -3.79. The summed E-state index contributed by atoms with van der Waals surface area (Å²) in [4.78, 5) is 33.6. The number of pyridine rings is 1. The highest BCUT2D eigenvalue weighted by molar-refractivity contribution is 7.92. The minimum absolute atomic E-state index is 0.0179. The summed E-state index contributed by atoms with van der Waals surface area (Å²) in [6, 6.07) is 7.06. The van der Waals surface area contributed by atoms with Gasteiger partial charge in [-0.1, -0.05) is 18.2 Å². The predicted molar refractivity (Wildman–Crippen MR) is 119 cm³/mol. The summed E-state index contributed by atoms with van der Waals surface area (Å²) in [5, 5.41) is 0.480. The van der Waals surface area contributed by atoms with E-state index in [1.165, 1.54) is 10.8 Å². The van der Waals surface area contributed by atoms with Crippen molar-refractivity contribution in [3.8, 4) is 0 Å². The third-order valence-electron chi connectivity index (χ3n) is 4.70. The van der Waals surface area contributed by atoms with Crippen LogP contribution >= 0.6 is 0 Å². The summed E-state index contributed by atoms with van der Waals surface area (Å²) in [6.45, 7) is 10.2. The number of nitrogens with zero attached hydrogens (tertiary/aromatic N) is 3. The van der Waals surface area contributed by atoms with Crippen molar-refractivity contribution >= 4 is 37.6 Å². The second kappa shape index (κ2) is 7.71. The lowest BCUT2D eigenvalue weighted by atomic mass is 10.1. The highest BCUT2D eigenvalue weighted by Crippen LogP contribution is 2.26. The molecule has 3 aromatic rings. The van der Waals surface area contributed by atoms with Crippen LogP contribution in [-0.4, -0.2) is 39.3 Å². The van der Waals surface area contributed by atoms with E-state index in [-0.39, 0.29) is 29.0 Å². The number of aryl methyl sites for hydroxylation is 1. The molecule has 1 aromatic carbocycles. The Morgan fingerprint density at radius 2 is 1.71 bits per heavy atom. The van der Waals surface area contributed by atoms with Gasteiger partial charge in [0.2, 0.25) is 15.0 Å². The lowest BCUT2D eigenvalue weighted by Crippen LogP contribution is -2.30. The van der Waals surface area contributed by atoms with Crippen LogP contribution in [0.3, 0.4) is 0 Å². The maximum atomic E-state index is 13.2. The van der Waals surface area contributed by atoms with Crippen LogP contribution in [0.4, 0.5) is 0 Å². The summed E-state index contributed by atoms with van der Waals surface area (Å²) in [5.41, 5.74) is -0.179. The van der Waals surface area contributed by atoms with Crippen molar-refractivity contribution in [3.63, 3.8) is 0 Å². The number of benzene rings is 1. The van der Waals surface area contributed by atoms with Crippen LogP contribution in [0.15, 0.2) is 40.4 Å². The number of aromatic nitrogens is 3. The van der Waals surface area contributed by atoms with E-state index in [1.807, 2.05) is 0 Å². The summed E-state index contributed by atoms with van der Waals surface area (Å²) in [5.74, 6) is -0.411. The Morgan fingerprint density at radius 3 is 2.32 bits per heavy atom. The predicted octanol–water partition coefficient (Wildman–Crippen LogP) is 3.25. The van der Waals surface area contributed by atoms with Crippen LogP contribution in [0.2, 0.25) is 0 Å². The molecule has 0 aliphatic heterocycles. The van der Waals surface area contributed by atoms with Crippen LogP contribution < -0.4 is 5.56 Å². The number of fused-ring (bicyclic) bond motifs is 3. The molecule has 2 heterocycles.